The lowest BCUT2D eigenvalue weighted by atomic mass is 9.64. The van der Waals surface area contributed by atoms with Gasteiger partial charge in [-0.3, -0.25) is 14.4 Å². The summed E-state index contributed by atoms with van der Waals surface area (Å²) in [4.78, 5) is 43.7. The van der Waals surface area contributed by atoms with Crippen molar-refractivity contribution in [3.8, 4) is 0 Å². The first-order valence-corrected chi connectivity index (χ1v) is 12.0. The molecule has 5 nitrogen and oxygen atoms in total. The van der Waals surface area contributed by atoms with E-state index in [4.69, 9.17) is 0 Å². The number of nitrogens with zero attached hydrogens (tertiary/aromatic N) is 1. The van der Waals surface area contributed by atoms with Crippen LogP contribution in [0.3, 0.4) is 0 Å². The number of rotatable bonds is 3. The number of amides is 1. The highest BCUT2D eigenvalue weighted by Gasteiger charge is 2.70. The van der Waals surface area contributed by atoms with Crippen LogP contribution in [0.4, 0.5) is 15.8 Å². The molecule has 0 radical (unpaired) electrons. The molecule has 3 aromatic rings. The number of benzene rings is 3. The Kier molecular flexibility index (Phi) is 4.80. The molecule has 1 saturated heterocycles. The molecule has 1 spiro atoms. The summed E-state index contributed by atoms with van der Waals surface area (Å²) >= 11 is 0. The Morgan fingerprint density at radius 2 is 1.72 bits per heavy atom. The molecule has 3 aromatic carbocycles. The maximum Gasteiger partial charge on any atom is 0.238 e. The van der Waals surface area contributed by atoms with E-state index < -0.39 is 29.2 Å². The van der Waals surface area contributed by atoms with Crippen LogP contribution >= 0.6 is 0 Å². The summed E-state index contributed by atoms with van der Waals surface area (Å²) in [6.07, 6.45) is 2.03. The van der Waals surface area contributed by atoms with Crippen LogP contribution < -0.4 is 10.2 Å². The van der Waals surface area contributed by atoms with E-state index in [0.29, 0.717) is 11.3 Å². The van der Waals surface area contributed by atoms with Gasteiger partial charge in [-0.1, -0.05) is 35.9 Å². The Bertz CT molecular complexity index is 1490. The minimum atomic E-state index is -1.33. The van der Waals surface area contributed by atoms with Gasteiger partial charge < -0.3 is 10.2 Å². The molecule has 0 aliphatic carbocycles. The Balaban J connectivity index is 1.68. The molecule has 6 heteroatoms. The van der Waals surface area contributed by atoms with Gasteiger partial charge in [0.1, 0.15) is 11.2 Å². The van der Waals surface area contributed by atoms with E-state index >= 15 is 0 Å². The number of anilines is 2. The van der Waals surface area contributed by atoms with Crippen LogP contribution in [0.5, 0.6) is 0 Å². The molecule has 3 aliphatic heterocycles. The summed E-state index contributed by atoms with van der Waals surface area (Å²) in [5.74, 6) is -2.32. The van der Waals surface area contributed by atoms with Crippen LogP contribution in [-0.4, -0.2) is 29.6 Å². The molecule has 180 valence electrons. The smallest absolute Gasteiger partial charge is 0.238 e. The van der Waals surface area contributed by atoms with Gasteiger partial charge in [0.25, 0.3) is 0 Å². The fraction of sp³-hybridized carbons (Fsp3) is 0.233. The lowest BCUT2D eigenvalue weighted by molar-refractivity contribution is -0.122. The van der Waals surface area contributed by atoms with Crippen molar-refractivity contribution < 1.29 is 18.8 Å². The Hall–Kier alpha value is -4.06. The van der Waals surface area contributed by atoms with Crippen molar-refractivity contribution in [2.45, 2.75) is 38.3 Å². The van der Waals surface area contributed by atoms with Gasteiger partial charge in [0, 0.05) is 22.5 Å². The van der Waals surface area contributed by atoms with E-state index in [1.807, 2.05) is 61.2 Å². The third kappa shape index (κ3) is 2.84. The molecule has 0 saturated carbocycles. The third-order valence-corrected chi connectivity index (χ3v) is 7.96. The predicted octanol–water partition coefficient (Wildman–Crippen LogP) is 5.09. The number of carbonyl (C=O) groups is 3. The number of nitrogens with one attached hydrogen (secondary N) is 1. The summed E-state index contributed by atoms with van der Waals surface area (Å²) < 4.78 is 13.7. The van der Waals surface area contributed by atoms with E-state index in [9.17, 15) is 18.8 Å². The van der Waals surface area contributed by atoms with Crippen molar-refractivity contribution in [2.24, 2.45) is 5.92 Å². The highest BCUT2D eigenvalue weighted by molar-refractivity contribution is 6.16. The quantitative estimate of drug-likeness (QED) is 0.531. The minimum absolute atomic E-state index is 0.200. The van der Waals surface area contributed by atoms with Crippen LogP contribution in [0, 0.1) is 18.7 Å². The zero-order valence-electron chi connectivity index (χ0n) is 20.2. The molecule has 1 N–H and O–H groups in total. The number of halogens is 1. The minimum Gasteiger partial charge on any atom is -0.352 e. The Morgan fingerprint density at radius 1 is 1.00 bits per heavy atom. The first kappa shape index (κ1) is 22.4. The van der Waals surface area contributed by atoms with Gasteiger partial charge in [0.05, 0.1) is 18.0 Å². The number of carbonyl (C=O) groups excluding carboxylic acids is 3. The van der Waals surface area contributed by atoms with Gasteiger partial charge >= 0.3 is 0 Å². The molecule has 1 amide bonds. The van der Waals surface area contributed by atoms with E-state index in [1.165, 1.54) is 31.2 Å². The number of hydrogen-bond donors (Lipinski definition) is 1. The lowest BCUT2D eigenvalue weighted by Crippen LogP contribution is -2.51. The Morgan fingerprint density at radius 3 is 2.44 bits per heavy atom. The number of hydrogen-bond acceptors (Lipinski definition) is 4. The standard InChI is InChI=1S/C30H25FN2O3/c1-16-8-13-24-21(14-16)17(2)15-25-30(22-6-4-5-7-23(22)32-29(30)36)26(27(18(3)34)33(24)25)28(35)19-9-11-20(31)12-10-19/h4-15,25-27H,1-3H3,(H,32,36). The van der Waals surface area contributed by atoms with Crippen molar-refractivity contribution in [3.63, 3.8) is 0 Å². The monoisotopic (exact) mass is 480 g/mol. The van der Waals surface area contributed by atoms with Gasteiger partial charge in [0.2, 0.25) is 5.91 Å². The normalized spacial score (nSPS) is 25.7. The van der Waals surface area contributed by atoms with Crippen molar-refractivity contribution in [2.75, 3.05) is 10.2 Å². The highest BCUT2D eigenvalue weighted by atomic mass is 19.1. The number of fused-ring (bicyclic) bond motifs is 6. The first-order chi connectivity index (χ1) is 17.2. The molecule has 3 aliphatic rings. The number of Topliss-reactive ketones (excluding diaryl/α,β-unsaturated/α-hetero) is 2. The number of ketones is 2. The van der Waals surface area contributed by atoms with Crippen molar-refractivity contribution in [1.82, 2.24) is 0 Å². The van der Waals surface area contributed by atoms with Gasteiger partial charge in [-0.2, -0.15) is 0 Å². The maximum atomic E-state index is 14.3. The summed E-state index contributed by atoms with van der Waals surface area (Å²) in [5, 5.41) is 3.00. The molecule has 4 atom stereocenters. The highest BCUT2D eigenvalue weighted by Crippen LogP contribution is 2.58. The lowest BCUT2D eigenvalue weighted by Gasteiger charge is -2.39. The molecule has 1 fully saturated rings. The first-order valence-electron chi connectivity index (χ1n) is 12.0. The maximum absolute atomic E-state index is 14.3. The summed E-state index contributed by atoms with van der Waals surface area (Å²) in [6, 6.07) is 17.3. The fourth-order valence-corrected chi connectivity index (χ4v) is 6.49. The molecule has 0 aromatic heterocycles. The van der Waals surface area contributed by atoms with E-state index in [1.54, 1.807) is 0 Å². The molecule has 4 unspecified atom stereocenters. The van der Waals surface area contributed by atoms with Gasteiger partial charge in [-0.15, -0.1) is 0 Å². The number of allylic oxidation sites excluding steroid dienone is 1. The van der Waals surface area contributed by atoms with E-state index in [0.717, 1.165) is 22.4 Å². The third-order valence-electron chi connectivity index (χ3n) is 7.96. The average Bonchev–Trinajstić information content (AvgIpc) is 3.32. The topological polar surface area (TPSA) is 66.5 Å². The molecular weight excluding hydrogens is 455 g/mol. The van der Waals surface area contributed by atoms with Gasteiger partial charge in [0.15, 0.2) is 11.6 Å². The molecule has 6 rings (SSSR count). The van der Waals surface area contributed by atoms with Crippen LogP contribution in [-0.2, 0) is 15.0 Å². The fourth-order valence-electron chi connectivity index (χ4n) is 6.49. The van der Waals surface area contributed by atoms with Crippen LogP contribution in [0.2, 0.25) is 0 Å². The van der Waals surface area contributed by atoms with Crippen LogP contribution in [0.1, 0.15) is 40.9 Å². The van der Waals surface area contributed by atoms with Crippen LogP contribution in [0.25, 0.3) is 5.57 Å². The average molecular weight is 481 g/mol. The number of aryl methyl sites for hydroxylation is 1. The molecular formula is C30H25FN2O3. The second-order valence-electron chi connectivity index (χ2n) is 10.00. The summed E-state index contributed by atoms with van der Waals surface area (Å²) in [6.45, 7) is 5.48. The Labute approximate surface area is 208 Å². The van der Waals surface area contributed by atoms with Crippen molar-refractivity contribution in [1.29, 1.82) is 0 Å². The zero-order chi connectivity index (χ0) is 25.4. The zero-order valence-corrected chi connectivity index (χ0v) is 20.2. The van der Waals surface area contributed by atoms with E-state index in [2.05, 4.69) is 11.4 Å². The molecule has 36 heavy (non-hydrogen) atoms. The van der Waals surface area contributed by atoms with Crippen LogP contribution in [0.15, 0.2) is 72.8 Å². The largest absolute Gasteiger partial charge is 0.352 e. The molecule has 3 heterocycles. The predicted molar refractivity (Wildman–Crippen MR) is 137 cm³/mol. The number of para-hydroxylation sites is 1. The second kappa shape index (κ2) is 7.72. The SMILES string of the molecule is CC(=O)C1C(C(=O)c2ccc(F)cc2)C2(C(=O)Nc3ccccc32)C2C=C(C)c3cc(C)ccc3N12. The van der Waals surface area contributed by atoms with Gasteiger partial charge in [-0.05, 0) is 74.4 Å². The van der Waals surface area contributed by atoms with E-state index in [-0.39, 0.29) is 23.0 Å². The second-order valence-corrected chi connectivity index (χ2v) is 10.00. The molecule has 0 bridgehead atoms. The van der Waals surface area contributed by atoms with Gasteiger partial charge in [-0.25, -0.2) is 4.39 Å². The van der Waals surface area contributed by atoms with Crippen molar-refractivity contribution >= 4 is 34.4 Å². The summed E-state index contributed by atoms with van der Waals surface area (Å²) in [7, 11) is 0. The van der Waals surface area contributed by atoms with Crippen molar-refractivity contribution in [3.05, 3.63) is 101 Å². The summed E-state index contributed by atoms with van der Waals surface area (Å²) in [5.41, 5.74) is 4.17.